The van der Waals surface area contributed by atoms with Crippen molar-refractivity contribution < 1.29 is 4.52 Å². The third-order valence-corrected chi connectivity index (χ3v) is 3.25. The van der Waals surface area contributed by atoms with Crippen molar-refractivity contribution in [2.75, 3.05) is 0 Å². The SMILES string of the molecule is Clc1cccc(Cl)c1-c1[c]c(C2CC2)on1. The molecule has 16 heavy (non-hydrogen) atoms. The van der Waals surface area contributed by atoms with Crippen LogP contribution in [0, 0.1) is 6.07 Å². The molecule has 1 aromatic carbocycles. The highest BCUT2D eigenvalue weighted by Crippen LogP contribution is 2.42. The highest BCUT2D eigenvalue weighted by molar-refractivity contribution is 6.39. The predicted molar refractivity (Wildman–Crippen MR) is 62.8 cm³/mol. The molecule has 0 unspecified atom stereocenters. The number of rotatable bonds is 2. The van der Waals surface area contributed by atoms with Gasteiger partial charge in [-0.1, -0.05) is 34.4 Å². The van der Waals surface area contributed by atoms with E-state index in [2.05, 4.69) is 11.2 Å². The van der Waals surface area contributed by atoms with Gasteiger partial charge in [-0.2, -0.15) is 0 Å². The average Bonchev–Trinajstić information content (AvgIpc) is 2.99. The normalized spacial score (nSPS) is 15.4. The summed E-state index contributed by atoms with van der Waals surface area (Å²) >= 11 is 12.2. The van der Waals surface area contributed by atoms with E-state index in [0.29, 0.717) is 27.2 Å². The number of benzene rings is 1. The minimum Gasteiger partial charge on any atom is -0.360 e. The molecule has 81 valence electrons. The highest BCUT2D eigenvalue weighted by Gasteiger charge is 2.29. The Bertz CT molecular complexity index is 511. The van der Waals surface area contributed by atoms with Gasteiger partial charge in [0.05, 0.1) is 16.1 Å². The van der Waals surface area contributed by atoms with Gasteiger partial charge in [-0.25, -0.2) is 0 Å². The van der Waals surface area contributed by atoms with Crippen LogP contribution >= 0.6 is 23.2 Å². The van der Waals surface area contributed by atoms with Crippen molar-refractivity contribution in [3.05, 3.63) is 40.1 Å². The second-order valence-electron chi connectivity index (χ2n) is 3.89. The molecule has 2 nitrogen and oxygen atoms in total. The fourth-order valence-corrected chi connectivity index (χ4v) is 2.19. The second kappa shape index (κ2) is 3.79. The summed E-state index contributed by atoms with van der Waals surface area (Å²) in [6.07, 6.45) is 2.31. The summed E-state index contributed by atoms with van der Waals surface area (Å²) in [4.78, 5) is 0. The molecule has 0 N–H and O–H groups in total. The fraction of sp³-hybridized carbons (Fsp3) is 0.250. The minimum absolute atomic E-state index is 0.488. The molecule has 1 fully saturated rings. The van der Waals surface area contributed by atoms with E-state index >= 15 is 0 Å². The van der Waals surface area contributed by atoms with E-state index < -0.39 is 0 Å². The molecule has 0 bridgehead atoms. The Balaban J connectivity index is 2.06. The fourth-order valence-electron chi connectivity index (χ4n) is 1.61. The summed E-state index contributed by atoms with van der Waals surface area (Å²) < 4.78 is 5.23. The number of hydrogen-bond donors (Lipinski definition) is 0. The first-order valence-corrected chi connectivity index (χ1v) is 5.84. The lowest BCUT2D eigenvalue weighted by Gasteiger charge is -2.01. The predicted octanol–water partition coefficient (Wildman–Crippen LogP) is 4.33. The molecule has 1 aromatic heterocycles. The van der Waals surface area contributed by atoms with Gasteiger partial charge in [0.2, 0.25) is 0 Å². The zero-order valence-corrected chi connectivity index (χ0v) is 9.85. The zero-order chi connectivity index (χ0) is 11.1. The molecule has 0 spiro atoms. The Morgan fingerprint density at radius 2 is 1.94 bits per heavy atom. The Labute approximate surface area is 103 Å². The molecule has 1 saturated carbocycles. The molecule has 1 heterocycles. The van der Waals surface area contributed by atoms with Gasteiger partial charge in [-0.15, -0.1) is 0 Å². The van der Waals surface area contributed by atoms with Crippen LogP contribution in [0.25, 0.3) is 11.3 Å². The Morgan fingerprint density at radius 1 is 1.25 bits per heavy atom. The maximum absolute atomic E-state index is 6.08. The second-order valence-corrected chi connectivity index (χ2v) is 4.71. The van der Waals surface area contributed by atoms with E-state index in [4.69, 9.17) is 27.7 Å². The van der Waals surface area contributed by atoms with Crippen LogP contribution in [-0.2, 0) is 0 Å². The van der Waals surface area contributed by atoms with Gasteiger partial charge in [0.15, 0.2) is 0 Å². The third kappa shape index (κ3) is 1.72. The summed E-state index contributed by atoms with van der Waals surface area (Å²) in [6, 6.07) is 8.49. The summed E-state index contributed by atoms with van der Waals surface area (Å²) in [5.41, 5.74) is 1.29. The summed E-state index contributed by atoms with van der Waals surface area (Å²) in [5, 5.41) is 5.11. The first-order valence-electron chi connectivity index (χ1n) is 5.09. The molecule has 1 radical (unpaired) electrons. The van der Waals surface area contributed by atoms with E-state index in [1.54, 1.807) is 18.2 Å². The summed E-state index contributed by atoms with van der Waals surface area (Å²) in [6.45, 7) is 0. The molecule has 0 amide bonds. The number of halogens is 2. The van der Waals surface area contributed by atoms with Gasteiger partial charge in [-0.3, -0.25) is 0 Å². The minimum atomic E-state index is 0.488. The van der Waals surface area contributed by atoms with Crippen LogP contribution in [0.15, 0.2) is 22.7 Å². The molecule has 4 heteroatoms. The van der Waals surface area contributed by atoms with E-state index in [1.807, 2.05) is 0 Å². The number of aromatic nitrogens is 1. The van der Waals surface area contributed by atoms with Gasteiger partial charge in [0.1, 0.15) is 11.5 Å². The first-order chi connectivity index (χ1) is 7.75. The van der Waals surface area contributed by atoms with Crippen molar-refractivity contribution in [2.45, 2.75) is 18.8 Å². The third-order valence-electron chi connectivity index (χ3n) is 2.62. The van der Waals surface area contributed by atoms with Crippen LogP contribution in [0.2, 0.25) is 10.0 Å². The monoisotopic (exact) mass is 252 g/mol. The average molecular weight is 253 g/mol. The standard InChI is InChI=1S/C12H8Cl2NO/c13-8-2-1-3-9(14)12(8)10-6-11(16-15-10)7-4-5-7/h1-3,7H,4-5H2. The topological polar surface area (TPSA) is 26.0 Å². The molecular formula is C12H8Cl2NO. The molecular weight excluding hydrogens is 245 g/mol. The Kier molecular flexibility index (Phi) is 2.41. The van der Waals surface area contributed by atoms with Crippen molar-refractivity contribution in [3.8, 4) is 11.3 Å². The lowest BCUT2D eigenvalue weighted by Crippen LogP contribution is -1.81. The van der Waals surface area contributed by atoms with Gasteiger partial charge >= 0.3 is 0 Å². The van der Waals surface area contributed by atoms with Gasteiger partial charge in [0.25, 0.3) is 0 Å². The number of hydrogen-bond acceptors (Lipinski definition) is 2. The van der Waals surface area contributed by atoms with Gasteiger partial charge in [-0.05, 0) is 25.0 Å². The van der Waals surface area contributed by atoms with Crippen molar-refractivity contribution >= 4 is 23.2 Å². The number of nitrogens with zero attached hydrogens (tertiary/aromatic N) is 1. The maximum atomic E-state index is 6.08. The van der Waals surface area contributed by atoms with Crippen LogP contribution in [0.4, 0.5) is 0 Å². The molecule has 1 aliphatic rings. The maximum Gasteiger partial charge on any atom is 0.148 e. The highest BCUT2D eigenvalue weighted by atomic mass is 35.5. The lowest BCUT2D eigenvalue weighted by molar-refractivity contribution is 0.386. The van der Waals surface area contributed by atoms with Crippen molar-refractivity contribution in [3.63, 3.8) is 0 Å². The van der Waals surface area contributed by atoms with Crippen molar-refractivity contribution in [2.24, 2.45) is 0 Å². The van der Waals surface area contributed by atoms with Crippen LogP contribution in [0.1, 0.15) is 24.5 Å². The van der Waals surface area contributed by atoms with Crippen LogP contribution in [0.5, 0.6) is 0 Å². The summed E-state index contributed by atoms with van der Waals surface area (Å²) in [7, 11) is 0. The van der Waals surface area contributed by atoms with Gasteiger partial charge < -0.3 is 4.52 Å². The lowest BCUT2D eigenvalue weighted by atomic mass is 10.1. The van der Waals surface area contributed by atoms with E-state index in [1.165, 1.54) is 0 Å². The molecule has 3 rings (SSSR count). The molecule has 0 saturated heterocycles. The van der Waals surface area contributed by atoms with E-state index in [9.17, 15) is 0 Å². The smallest absolute Gasteiger partial charge is 0.148 e. The Hall–Kier alpha value is -0.990. The zero-order valence-electron chi connectivity index (χ0n) is 8.34. The van der Waals surface area contributed by atoms with Crippen LogP contribution in [-0.4, -0.2) is 5.16 Å². The van der Waals surface area contributed by atoms with Crippen molar-refractivity contribution in [1.29, 1.82) is 0 Å². The van der Waals surface area contributed by atoms with Gasteiger partial charge in [0, 0.05) is 11.5 Å². The molecule has 1 aliphatic carbocycles. The molecule has 2 aromatic rings. The Morgan fingerprint density at radius 3 is 2.56 bits per heavy atom. The van der Waals surface area contributed by atoms with Crippen molar-refractivity contribution in [1.82, 2.24) is 5.16 Å². The first kappa shape index (κ1) is 10.2. The van der Waals surface area contributed by atoms with Crippen LogP contribution < -0.4 is 0 Å². The largest absolute Gasteiger partial charge is 0.360 e. The summed E-state index contributed by atoms with van der Waals surface area (Å²) in [5.74, 6) is 1.30. The molecule has 0 aliphatic heterocycles. The quantitative estimate of drug-likeness (QED) is 0.796. The van der Waals surface area contributed by atoms with E-state index in [-0.39, 0.29) is 0 Å². The molecule has 0 atom stereocenters. The van der Waals surface area contributed by atoms with Crippen LogP contribution in [0.3, 0.4) is 0 Å². The van der Waals surface area contributed by atoms with E-state index in [0.717, 1.165) is 18.6 Å².